The van der Waals surface area contributed by atoms with Crippen LogP contribution in [-0.4, -0.2) is 8.32 Å². The highest BCUT2D eigenvalue weighted by Crippen LogP contribution is 2.47. The Morgan fingerprint density at radius 3 is 1.83 bits per heavy atom. The fourth-order valence-electron chi connectivity index (χ4n) is 5.51. The molecule has 1 nitrogen and oxygen atoms in total. The first kappa shape index (κ1) is 18.6. The van der Waals surface area contributed by atoms with E-state index in [1.807, 2.05) is 0 Å². The first-order chi connectivity index (χ1) is 14.2. The zero-order chi connectivity index (χ0) is 19.8. The molecule has 146 valence electrons. The standard InChI is InChI=1S/C27H28OSi/c1-20-16-17-21(2)29(20,24-12-4-3-5-13-24)28-19-27-25-14-8-6-10-22(25)18-23-11-7-9-15-26(23)27/h3-15,18,20-21H,16-17,19H2,1-2H3/t20-,21-/m0/s1. The molecule has 1 heterocycles. The maximum Gasteiger partial charge on any atom is 0.230 e. The number of hydrogen-bond acceptors (Lipinski definition) is 1. The first-order valence-corrected chi connectivity index (χ1v) is 12.9. The van der Waals surface area contributed by atoms with Crippen molar-refractivity contribution in [3.63, 3.8) is 0 Å². The van der Waals surface area contributed by atoms with Crippen LogP contribution in [0.2, 0.25) is 11.1 Å². The van der Waals surface area contributed by atoms with E-state index in [1.54, 1.807) is 0 Å². The monoisotopic (exact) mass is 396 g/mol. The molecule has 2 atom stereocenters. The smallest absolute Gasteiger partial charge is 0.230 e. The van der Waals surface area contributed by atoms with E-state index >= 15 is 0 Å². The summed E-state index contributed by atoms with van der Waals surface area (Å²) in [6.07, 6.45) is 2.55. The quantitative estimate of drug-likeness (QED) is 0.268. The van der Waals surface area contributed by atoms with Crippen molar-refractivity contribution in [2.75, 3.05) is 0 Å². The third-order valence-corrected chi connectivity index (χ3v) is 12.4. The van der Waals surface area contributed by atoms with E-state index in [1.165, 1.54) is 45.1 Å². The van der Waals surface area contributed by atoms with Crippen molar-refractivity contribution in [3.05, 3.63) is 90.5 Å². The molecular weight excluding hydrogens is 368 g/mol. The summed E-state index contributed by atoms with van der Waals surface area (Å²) < 4.78 is 7.14. The molecule has 5 rings (SSSR count). The molecule has 2 heteroatoms. The Morgan fingerprint density at radius 2 is 1.24 bits per heavy atom. The molecule has 0 unspecified atom stereocenters. The molecule has 0 radical (unpaired) electrons. The van der Waals surface area contributed by atoms with Gasteiger partial charge in [-0.3, -0.25) is 0 Å². The van der Waals surface area contributed by atoms with Gasteiger partial charge in [0.2, 0.25) is 8.32 Å². The highest BCUT2D eigenvalue weighted by Gasteiger charge is 2.51. The Hall–Kier alpha value is -2.42. The Kier molecular flexibility index (Phi) is 4.77. The molecule has 0 spiro atoms. The molecule has 0 saturated carbocycles. The van der Waals surface area contributed by atoms with Crippen LogP contribution >= 0.6 is 0 Å². The maximum absolute atomic E-state index is 7.14. The third kappa shape index (κ3) is 3.02. The van der Waals surface area contributed by atoms with Gasteiger partial charge in [0.05, 0.1) is 6.61 Å². The lowest BCUT2D eigenvalue weighted by Crippen LogP contribution is -2.53. The summed E-state index contributed by atoms with van der Waals surface area (Å²) in [5, 5.41) is 6.70. The van der Waals surface area contributed by atoms with Crippen LogP contribution in [0, 0.1) is 0 Å². The SMILES string of the molecule is C[C@H]1CC[C@H](C)[Si]1(OCc1c2ccccc2cc2ccccc12)c1ccccc1. The fraction of sp³-hybridized carbons (Fsp3) is 0.259. The lowest BCUT2D eigenvalue weighted by Gasteiger charge is -2.36. The lowest BCUT2D eigenvalue weighted by molar-refractivity contribution is 0.290. The van der Waals surface area contributed by atoms with Crippen LogP contribution < -0.4 is 5.19 Å². The minimum atomic E-state index is -2.07. The van der Waals surface area contributed by atoms with Crippen LogP contribution in [-0.2, 0) is 11.0 Å². The number of rotatable bonds is 4. The Morgan fingerprint density at radius 1 is 0.724 bits per heavy atom. The normalized spacial score (nSPS) is 21.0. The van der Waals surface area contributed by atoms with Gasteiger partial charge in [0.15, 0.2) is 0 Å². The third-order valence-electron chi connectivity index (χ3n) is 7.06. The molecule has 1 fully saturated rings. The van der Waals surface area contributed by atoms with Gasteiger partial charge < -0.3 is 4.43 Å². The van der Waals surface area contributed by atoms with Crippen molar-refractivity contribution < 1.29 is 4.43 Å². The van der Waals surface area contributed by atoms with Crippen molar-refractivity contribution in [2.24, 2.45) is 0 Å². The van der Waals surface area contributed by atoms with Crippen molar-refractivity contribution in [2.45, 2.75) is 44.4 Å². The molecule has 0 aromatic heterocycles. The molecule has 4 aromatic carbocycles. The number of benzene rings is 4. The van der Waals surface area contributed by atoms with Gasteiger partial charge in [-0.15, -0.1) is 0 Å². The van der Waals surface area contributed by atoms with E-state index in [9.17, 15) is 0 Å². The molecule has 1 aliphatic rings. The van der Waals surface area contributed by atoms with Gasteiger partial charge in [-0.05, 0) is 49.4 Å². The molecule has 1 aliphatic heterocycles. The highest BCUT2D eigenvalue weighted by atomic mass is 28.4. The van der Waals surface area contributed by atoms with Gasteiger partial charge in [-0.25, -0.2) is 0 Å². The van der Waals surface area contributed by atoms with E-state index < -0.39 is 8.32 Å². The van der Waals surface area contributed by atoms with Crippen molar-refractivity contribution >= 4 is 35.0 Å². The summed E-state index contributed by atoms with van der Waals surface area (Å²) in [5.74, 6) is 0. The second-order valence-electron chi connectivity index (χ2n) is 8.62. The fourth-order valence-corrected chi connectivity index (χ4v) is 10.6. The van der Waals surface area contributed by atoms with Crippen LogP contribution in [0.3, 0.4) is 0 Å². The summed E-state index contributed by atoms with van der Waals surface area (Å²) in [4.78, 5) is 0. The molecule has 1 saturated heterocycles. The highest BCUT2D eigenvalue weighted by molar-refractivity contribution is 6.89. The van der Waals surface area contributed by atoms with E-state index in [-0.39, 0.29) is 0 Å². The van der Waals surface area contributed by atoms with Crippen molar-refractivity contribution in [3.8, 4) is 0 Å². The summed E-state index contributed by atoms with van der Waals surface area (Å²) >= 11 is 0. The van der Waals surface area contributed by atoms with Crippen LogP contribution in [0.5, 0.6) is 0 Å². The number of hydrogen-bond donors (Lipinski definition) is 0. The summed E-state index contributed by atoms with van der Waals surface area (Å²) in [6.45, 7) is 5.53. The molecule has 0 N–H and O–H groups in total. The molecule has 0 aliphatic carbocycles. The van der Waals surface area contributed by atoms with Crippen molar-refractivity contribution in [1.29, 1.82) is 0 Å². The van der Waals surface area contributed by atoms with E-state index in [4.69, 9.17) is 4.43 Å². The van der Waals surface area contributed by atoms with Gasteiger partial charge in [-0.1, -0.05) is 106 Å². The van der Waals surface area contributed by atoms with Gasteiger partial charge in [0, 0.05) is 0 Å². The van der Waals surface area contributed by atoms with E-state index in [0.717, 1.165) is 0 Å². The molecule has 0 bridgehead atoms. The largest absolute Gasteiger partial charge is 0.408 e. The van der Waals surface area contributed by atoms with Crippen LogP contribution in [0.25, 0.3) is 21.5 Å². The second kappa shape index (κ2) is 7.44. The van der Waals surface area contributed by atoms with Crippen LogP contribution in [0.1, 0.15) is 32.3 Å². The van der Waals surface area contributed by atoms with Crippen LogP contribution in [0.15, 0.2) is 84.9 Å². The van der Waals surface area contributed by atoms with Gasteiger partial charge in [-0.2, -0.15) is 0 Å². The van der Waals surface area contributed by atoms with E-state index in [0.29, 0.717) is 17.7 Å². The van der Waals surface area contributed by atoms with Crippen LogP contribution in [0.4, 0.5) is 0 Å². The van der Waals surface area contributed by atoms with E-state index in [2.05, 4.69) is 98.8 Å². The Bertz CT molecular complexity index is 1090. The summed E-state index contributed by atoms with van der Waals surface area (Å²) in [5.41, 5.74) is 2.62. The van der Waals surface area contributed by atoms with Crippen molar-refractivity contribution in [1.82, 2.24) is 0 Å². The minimum Gasteiger partial charge on any atom is -0.408 e. The minimum absolute atomic E-state index is 0.640. The first-order valence-electron chi connectivity index (χ1n) is 10.8. The average Bonchev–Trinajstić information content (AvgIpc) is 3.06. The predicted octanol–water partition coefficient (Wildman–Crippen LogP) is 6.94. The van der Waals surface area contributed by atoms with Gasteiger partial charge in [0.1, 0.15) is 0 Å². The molecule has 29 heavy (non-hydrogen) atoms. The molecule has 0 amide bonds. The molecular formula is C27H28OSi. The second-order valence-corrected chi connectivity index (χ2v) is 13.0. The Balaban J connectivity index is 1.63. The van der Waals surface area contributed by atoms with Gasteiger partial charge in [0.25, 0.3) is 0 Å². The number of fused-ring (bicyclic) bond motifs is 2. The van der Waals surface area contributed by atoms with Gasteiger partial charge >= 0.3 is 0 Å². The molecule has 4 aromatic rings. The Labute approximate surface area is 174 Å². The maximum atomic E-state index is 7.14. The predicted molar refractivity (Wildman–Crippen MR) is 126 cm³/mol. The zero-order valence-corrected chi connectivity index (χ0v) is 18.3. The summed E-state index contributed by atoms with van der Waals surface area (Å²) in [6, 6.07) is 30.9. The lowest BCUT2D eigenvalue weighted by atomic mass is 9.97. The summed E-state index contributed by atoms with van der Waals surface area (Å²) in [7, 11) is -2.07. The average molecular weight is 397 g/mol. The zero-order valence-electron chi connectivity index (χ0n) is 17.3. The topological polar surface area (TPSA) is 9.23 Å².